The number of aromatic amines is 2. The van der Waals surface area contributed by atoms with Gasteiger partial charge < -0.3 is 51.5 Å². The molecule has 1 aliphatic carbocycles. The van der Waals surface area contributed by atoms with Gasteiger partial charge in [0.1, 0.15) is 21.2 Å². The number of aromatic hydroxyl groups is 2. The molecule has 5 aromatic carbocycles. The third kappa shape index (κ3) is 15.1. The molecule has 15 N–H and O–H groups in total. The van der Waals surface area contributed by atoms with Crippen LogP contribution in [0, 0.1) is 0 Å². The summed E-state index contributed by atoms with van der Waals surface area (Å²) in [6.07, 6.45) is 2.29. The Balaban J connectivity index is 1.14. The Morgan fingerprint density at radius 1 is 0.571 bits per heavy atom. The van der Waals surface area contributed by atoms with E-state index < -0.39 is 221 Å². The van der Waals surface area contributed by atoms with Crippen molar-refractivity contribution in [1.29, 1.82) is 0 Å². The zero-order valence-corrected chi connectivity index (χ0v) is 49.1. The number of benzene rings is 5. The lowest BCUT2D eigenvalue weighted by atomic mass is 10.1. The summed E-state index contributed by atoms with van der Waals surface area (Å²) in [6, 6.07) is 4.74. The van der Waals surface area contributed by atoms with Crippen LogP contribution in [0.25, 0.3) is 21.5 Å². The maximum atomic E-state index is 13.3. The first-order chi connectivity index (χ1) is 42.2. The largest absolute Gasteiger partial charge is 0.505 e. The van der Waals surface area contributed by atoms with Gasteiger partial charge in [-0.3, -0.25) is 28.2 Å². The van der Waals surface area contributed by atoms with Crippen molar-refractivity contribution in [3.8, 4) is 11.5 Å². The van der Waals surface area contributed by atoms with E-state index in [1.165, 1.54) is 11.8 Å². The fourth-order valence-corrected chi connectivity index (χ4v) is 11.0. The molecule has 1 aliphatic rings. The summed E-state index contributed by atoms with van der Waals surface area (Å²) in [5.74, 6) is -10.8. The van der Waals surface area contributed by atoms with Crippen molar-refractivity contribution in [1.82, 2.24) is 29.9 Å². The molecule has 2 aromatic heterocycles. The molecule has 91 heavy (non-hydrogen) atoms. The molecule has 476 valence electrons. The highest BCUT2D eigenvalue weighted by atomic mass is 32.2. The molecule has 0 amide bonds. The Labute approximate surface area is 507 Å². The summed E-state index contributed by atoms with van der Waals surface area (Å²) in [7, 11) is -21.3. The summed E-state index contributed by atoms with van der Waals surface area (Å²) in [6.45, 7) is 4.46. The van der Waals surface area contributed by atoms with Crippen LogP contribution in [0.1, 0.15) is 47.9 Å². The number of anilines is 6. The van der Waals surface area contributed by atoms with Gasteiger partial charge >= 0.3 is 35.3 Å². The van der Waals surface area contributed by atoms with Crippen molar-refractivity contribution in [2.24, 2.45) is 20.5 Å². The number of phenolic OH excluding ortho intramolecular Hbond substituents is 2. The minimum absolute atomic E-state index is 0.234. The first-order valence-corrected chi connectivity index (χ1v) is 30.7. The number of azo groups is 2. The van der Waals surface area contributed by atoms with Crippen molar-refractivity contribution in [2.75, 3.05) is 27.4 Å². The minimum Gasteiger partial charge on any atom is -0.505 e. The molecule has 8 rings (SSSR count). The second kappa shape index (κ2) is 24.9. The number of nitrogens with zero attached hydrogens (tertiary/aromatic N) is 9. The molecule has 0 aliphatic heterocycles. The SMILES string of the molecule is CC(CN(c1nc(Nc2cc(S(=O)(=O)O)cc3cc(S(=O)(=O)O)c(N=Nc4cc(C(=O)O)cc(C(=O)O)c4)c(O)c23)[nH]c(=O)n1)C(C)C)Nc1nc(Nc2cc(S(=O)(=O)O)cc3cc(S(=O)(=O)O)c(N=NC4=CC(C(=O)O)=CC(C(=O)O)=CC4)c(O)c23)[nH]c(=O)n1. The number of rotatable bonds is 22. The van der Waals surface area contributed by atoms with E-state index in [4.69, 9.17) is 0 Å². The Bertz CT molecular complexity index is 5060. The topological polar surface area (TPSA) is 613 Å². The summed E-state index contributed by atoms with van der Waals surface area (Å²) in [5, 5.41) is 82.2. The molecule has 0 bridgehead atoms. The number of fused-ring (bicyclic) bond motifs is 2. The van der Waals surface area contributed by atoms with Crippen LogP contribution in [0.4, 0.5) is 52.2 Å². The second-order valence-corrected chi connectivity index (χ2v) is 25.0. The van der Waals surface area contributed by atoms with Crippen LogP contribution >= 0.6 is 0 Å². The zero-order valence-electron chi connectivity index (χ0n) is 45.8. The number of carboxylic acids is 4. The van der Waals surface area contributed by atoms with Gasteiger partial charge in [0.05, 0.1) is 54.8 Å². The number of phenols is 2. The van der Waals surface area contributed by atoms with Gasteiger partial charge in [-0.2, -0.15) is 63.8 Å². The Morgan fingerprint density at radius 3 is 1.49 bits per heavy atom. The van der Waals surface area contributed by atoms with Crippen molar-refractivity contribution >= 4 is 138 Å². The molecular weight excluding hydrogens is 1300 g/mol. The first-order valence-electron chi connectivity index (χ1n) is 24.9. The summed E-state index contributed by atoms with van der Waals surface area (Å²) < 4.78 is 142. The number of hydrogen-bond donors (Lipinski definition) is 15. The Hall–Kier alpha value is -11.0. The van der Waals surface area contributed by atoms with Crippen LogP contribution in [0.15, 0.2) is 139 Å². The number of nitrogens with one attached hydrogen (secondary N) is 5. The van der Waals surface area contributed by atoms with E-state index in [0.29, 0.717) is 36.4 Å². The average Bonchev–Trinajstić information content (AvgIpc) is 1.04. The van der Waals surface area contributed by atoms with Crippen molar-refractivity contribution in [2.45, 2.75) is 58.9 Å². The number of H-pyrrole nitrogens is 2. The highest BCUT2D eigenvalue weighted by molar-refractivity contribution is 7.86. The number of hydrogen-bond acceptors (Lipinski definition) is 28. The molecule has 7 aromatic rings. The molecule has 0 fully saturated rings. The number of aliphatic carboxylic acids is 2. The van der Waals surface area contributed by atoms with Gasteiger partial charge in [-0.15, -0.1) is 10.2 Å². The lowest BCUT2D eigenvalue weighted by molar-refractivity contribution is -0.132. The van der Waals surface area contributed by atoms with Crippen LogP contribution in [-0.2, 0) is 50.1 Å². The van der Waals surface area contributed by atoms with Crippen molar-refractivity contribution < 1.29 is 102 Å². The van der Waals surface area contributed by atoms with Crippen LogP contribution in [0.3, 0.4) is 0 Å². The van der Waals surface area contributed by atoms with Crippen LogP contribution in [0.2, 0.25) is 0 Å². The number of aromatic carboxylic acids is 2. The number of carboxylic acid groups (broad SMARTS) is 4. The Kier molecular flexibility index (Phi) is 18.0. The number of aromatic nitrogens is 6. The first kappa shape index (κ1) is 65.9. The van der Waals surface area contributed by atoms with Crippen LogP contribution in [-0.4, -0.2) is 155 Å². The molecule has 1 atom stereocenters. The summed E-state index contributed by atoms with van der Waals surface area (Å²) >= 11 is 0. The predicted octanol–water partition coefficient (Wildman–Crippen LogP) is 4.76. The van der Waals surface area contributed by atoms with Gasteiger partial charge in [-0.1, -0.05) is 6.08 Å². The highest BCUT2D eigenvalue weighted by Crippen LogP contribution is 2.47. The highest BCUT2D eigenvalue weighted by Gasteiger charge is 2.30. The van der Waals surface area contributed by atoms with Gasteiger partial charge in [0, 0.05) is 35.8 Å². The third-order valence-electron chi connectivity index (χ3n) is 12.5. The predicted molar refractivity (Wildman–Crippen MR) is 311 cm³/mol. The maximum absolute atomic E-state index is 13.3. The lowest BCUT2D eigenvalue weighted by Crippen LogP contribution is -2.42. The van der Waals surface area contributed by atoms with Gasteiger partial charge in [0.2, 0.25) is 23.8 Å². The van der Waals surface area contributed by atoms with E-state index in [1.807, 2.05) is 0 Å². The Morgan fingerprint density at radius 2 is 1.04 bits per heavy atom. The van der Waals surface area contributed by atoms with Crippen LogP contribution < -0.4 is 32.2 Å². The van der Waals surface area contributed by atoms with E-state index >= 15 is 0 Å². The molecule has 0 saturated carbocycles. The number of carbonyl (C=O) groups is 4. The smallest absolute Gasteiger partial charge is 0.351 e. The molecule has 0 radical (unpaired) electrons. The van der Waals surface area contributed by atoms with E-state index in [1.54, 1.807) is 13.8 Å². The minimum atomic E-state index is -5.45. The fourth-order valence-electron chi connectivity index (χ4n) is 8.61. The van der Waals surface area contributed by atoms with Gasteiger partial charge in [0.15, 0.2) is 11.5 Å². The normalized spacial score (nSPS) is 13.6. The van der Waals surface area contributed by atoms with E-state index in [-0.39, 0.29) is 12.2 Å². The van der Waals surface area contributed by atoms with Crippen LogP contribution in [0.5, 0.6) is 11.5 Å². The molecular formula is C49H42N14O24S4. The summed E-state index contributed by atoms with van der Waals surface area (Å²) in [4.78, 5) is 91.1. The molecule has 0 spiro atoms. The molecule has 0 saturated heterocycles. The lowest BCUT2D eigenvalue weighted by Gasteiger charge is -2.29. The molecule has 38 nitrogen and oxygen atoms in total. The van der Waals surface area contributed by atoms with E-state index in [2.05, 4.69) is 66.3 Å². The number of allylic oxidation sites excluding steroid dienone is 1. The van der Waals surface area contributed by atoms with E-state index in [9.17, 15) is 111 Å². The molecule has 42 heteroatoms. The standard InChI is InChI=1S/C49H42N14O24S4/c1-18(2)63(47-54-46(57-49(75)58-47)52-31-16-29(89(79,80)81)12-22-14-33(91(85,86)87)37(39(65)35(22)31)62-60-27-9-24(42(70)71)7-25(10-27)43(72)73)17-19(3)50-44-53-45(56-48(74)55-44)51-30-15-28(88(76,77)78)11-21-13-32(90(82,83)84)36(38(64)34(21)30)61-59-26-5-4-20(40(66)67)6-23(8-26)41(68)69/h4,6-16,18-19,64-65H,5,17H2,1-3H3,(H,66,67)(H,68,69)(H,70,71)(H,72,73)(H,76,77,78)(H,79,80,81)(H,82,83,84)(H,85,86,87)(H2,52,54,57,58,75)(H3,50,51,53,55,56,74). The maximum Gasteiger partial charge on any atom is 0.351 e. The summed E-state index contributed by atoms with van der Waals surface area (Å²) in [5.41, 5.74) is -8.71. The van der Waals surface area contributed by atoms with Gasteiger partial charge in [-0.25, -0.2) is 28.8 Å². The van der Waals surface area contributed by atoms with Crippen molar-refractivity contribution in [3.63, 3.8) is 0 Å². The van der Waals surface area contributed by atoms with E-state index in [0.717, 1.165) is 36.4 Å². The monoisotopic (exact) mass is 1340 g/mol. The molecule has 2 heterocycles. The quantitative estimate of drug-likeness (QED) is 0.0321. The van der Waals surface area contributed by atoms with Gasteiger partial charge in [0.25, 0.3) is 40.5 Å². The average molecular weight is 1340 g/mol. The van der Waals surface area contributed by atoms with Gasteiger partial charge in [-0.05, 0) is 98.3 Å². The fraction of sp³-hybridized carbons (Fsp3) is 0.143. The zero-order chi connectivity index (χ0) is 67.1. The third-order valence-corrected chi connectivity index (χ3v) is 15.9. The second-order valence-electron chi connectivity index (χ2n) is 19.3. The van der Waals surface area contributed by atoms with Crippen molar-refractivity contribution in [3.05, 3.63) is 122 Å². The molecule has 1 unspecified atom stereocenters.